The largest absolute Gasteiger partial charge is 0.497 e. The van der Waals surface area contributed by atoms with Crippen molar-refractivity contribution in [3.8, 4) is 17.6 Å². The maximum absolute atomic E-state index is 13.2. The lowest BCUT2D eigenvalue weighted by atomic mass is 9.97. The normalized spacial score (nSPS) is 23.2. The number of carbonyl (C=O) groups excluding carboxylic acids is 3. The van der Waals surface area contributed by atoms with E-state index < -0.39 is 17.5 Å². The van der Waals surface area contributed by atoms with Gasteiger partial charge < -0.3 is 24.6 Å². The lowest BCUT2D eigenvalue weighted by Crippen LogP contribution is -2.54. The van der Waals surface area contributed by atoms with Crippen LogP contribution in [0.5, 0.6) is 5.75 Å². The molecular weight excluding hydrogens is 472 g/mol. The molecule has 9 nitrogen and oxygen atoms in total. The summed E-state index contributed by atoms with van der Waals surface area (Å²) in [4.78, 5) is 42.4. The van der Waals surface area contributed by atoms with Gasteiger partial charge in [0.25, 0.3) is 11.8 Å². The van der Waals surface area contributed by atoms with E-state index in [-0.39, 0.29) is 12.5 Å². The van der Waals surface area contributed by atoms with Crippen molar-refractivity contribution in [1.82, 2.24) is 20.4 Å². The van der Waals surface area contributed by atoms with Crippen molar-refractivity contribution in [3.05, 3.63) is 64.4 Å². The molecule has 192 valence electrons. The van der Waals surface area contributed by atoms with E-state index in [0.29, 0.717) is 31.1 Å². The molecule has 5 rings (SSSR count). The molecule has 1 aliphatic carbocycles. The second-order valence-corrected chi connectivity index (χ2v) is 9.37. The van der Waals surface area contributed by atoms with E-state index in [2.05, 4.69) is 40.4 Å². The number of carbonyl (C=O) groups is 3. The molecule has 2 fully saturated rings. The zero-order valence-corrected chi connectivity index (χ0v) is 21.1. The Hall–Kier alpha value is -4.03. The molecule has 1 unspecified atom stereocenters. The van der Waals surface area contributed by atoms with Crippen LogP contribution in [0.4, 0.5) is 4.79 Å². The van der Waals surface area contributed by atoms with Gasteiger partial charge in [-0.2, -0.15) is 0 Å². The van der Waals surface area contributed by atoms with Crippen LogP contribution in [0.3, 0.4) is 0 Å². The van der Waals surface area contributed by atoms with Crippen LogP contribution in [0.1, 0.15) is 35.7 Å². The smallest absolute Gasteiger partial charge is 0.323 e. The van der Waals surface area contributed by atoms with E-state index in [0.717, 1.165) is 42.8 Å². The second-order valence-electron chi connectivity index (χ2n) is 9.37. The number of morpholine rings is 1. The van der Waals surface area contributed by atoms with E-state index in [1.165, 1.54) is 5.57 Å². The van der Waals surface area contributed by atoms with Gasteiger partial charge in [-0.15, -0.1) is 0 Å². The second kappa shape index (κ2) is 10.1. The van der Waals surface area contributed by atoms with Crippen LogP contribution in [-0.4, -0.2) is 73.1 Å². The Morgan fingerprint density at radius 1 is 1.19 bits per heavy atom. The van der Waals surface area contributed by atoms with Gasteiger partial charge in [-0.05, 0) is 42.2 Å². The third kappa shape index (κ3) is 4.72. The molecule has 3 heterocycles. The summed E-state index contributed by atoms with van der Waals surface area (Å²) in [5, 5.41) is 5.01. The summed E-state index contributed by atoms with van der Waals surface area (Å²) in [6.45, 7) is 5.15. The summed E-state index contributed by atoms with van der Waals surface area (Å²) < 4.78 is 10.8. The maximum atomic E-state index is 13.2. The van der Waals surface area contributed by atoms with Gasteiger partial charge in [0.15, 0.2) is 0 Å². The minimum Gasteiger partial charge on any atom is -0.497 e. The van der Waals surface area contributed by atoms with Gasteiger partial charge in [0, 0.05) is 30.8 Å². The Balaban J connectivity index is 1.49. The average Bonchev–Trinajstić information content (AvgIpc) is 3.26. The Kier molecular flexibility index (Phi) is 6.76. The summed E-state index contributed by atoms with van der Waals surface area (Å²) in [6, 6.07) is 4.70. The molecule has 4 amide bonds. The monoisotopic (exact) mass is 502 g/mol. The molecular formula is C28H30N4O5. The highest BCUT2D eigenvalue weighted by Gasteiger charge is 2.48. The molecule has 2 saturated heterocycles. The predicted octanol–water partition coefficient (Wildman–Crippen LogP) is 2.12. The number of hydrogen-bond donors (Lipinski definition) is 2. The zero-order valence-electron chi connectivity index (χ0n) is 21.1. The van der Waals surface area contributed by atoms with E-state index in [1.807, 2.05) is 18.2 Å². The summed E-state index contributed by atoms with van der Waals surface area (Å²) in [5.74, 6) is 6.08. The van der Waals surface area contributed by atoms with Crippen molar-refractivity contribution in [2.45, 2.75) is 31.8 Å². The minimum atomic E-state index is -1.57. The number of benzene rings is 1. The van der Waals surface area contributed by atoms with Crippen LogP contribution in [0.15, 0.2) is 53.3 Å². The quantitative estimate of drug-likeness (QED) is 0.473. The fraction of sp³-hybridized carbons (Fsp3) is 0.393. The third-order valence-corrected chi connectivity index (χ3v) is 7.08. The van der Waals surface area contributed by atoms with E-state index >= 15 is 0 Å². The number of allylic oxidation sites excluding steroid dienone is 5. The summed E-state index contributed by atoms with van der Waals surface area (Å²) in [7, 11) is 1.54. The molecule has 9 heteroatoms. The number of ether oxygens (including phenoxy) is 2. The lowest BCUT2D eigenvalue weighted by molar-refractivity contribution is -0.122. The summed E-state index contributed by atoms with van der Waals surface area (Å²) in [6.07, 6.45) is 7.70. The van der Waals surface area contributed by atoms with Crippen LogP contribution < -0.4 is 15.4 Å². The van der Waals surface area contributed by atoms with Crippen LogP contribution in [0, 0.1) is 11.8 Å². The van der Waals surface area contributed by atoms with E-state index in [4.69, 9.17) is 9.47 Å². The van der Waals surface area contributed by atoms with Crippen LogP contribution >= 0.6 is 0 Å². The van der Waals surface area contributed by atoms with E-state index in [9.17, 15) is 14.4 Å². The molecule has 0 spiro atoms. The van der Waals surface area contributed by atoms with Gasteiger partial charge >= 0.3 is 6.03 Å². The number of amides is 4. The molecule has 0 saturated carbocycles. The Morgan fingerprint density at radius 3 is 2.70 bits per heavy atom. The summed E-state index contributed by atoms with van der Waals surface area (Å²) in [5.41, 5.74) is 2.87. The highest BCUT2D eigenvalue weighted by molar-refractivity contribution is 6.10. The van der Waals surface area contributed by atoms with Gasteiger partial charge in [-0.25, -0.2) is 4.79 Å². The molecule has 37 heavy (non-hydrogen) atoms. The molecule has 1 aromatic rings. The van der Waals surface area contributed by atoms with Gasteiger partial charge in [0.1, 0.15) is 5.75 Å². The lowest BCUT2D eigenvalue weighted by Gasteiger charge is -2.33. The number of rotatable bonds is 5. The first kappa shape index (κ1) is 24.7. The average molecular weight is 503 g/mol. The van der Waals surface area contributed by atoms with E-state index in [1.54, 1.807) is 24.1 Å². The topological polar surface area (TPSA) is 100 Å². The molecule has 0 aromatic heterocycles. The van der Waals surface area contributed by atoms with Gasteiger partial charge in [-0.1, -0.05) is 37.0 Å². The zero-order chi connectivity index (χ0) is 26.0. The molecule has 3 aliphatic heterocycles. The number of fused-ring (bicyclic) bond motifs is 1. The fourth-order valence-corrected chi connectivity index (χ4v) is 5.12. The van der Waals surface area contributed by atoms with Crippen molar-refractivity contribution >= 4 is 17.8 Å². The number of hydrogen-bond acceptors (Lipinski definition) is 6. The third-order valence-electron chi connectivity index (χ3n) is 7.08. The molecule has 2 N–H and O–H groups in total. The molecule has 1 aromatic carbocycles. The Bertz CT molecular complexity index is 1300. The molecule has 4 aliphatic rings. The maximum Gasteiger partial charge on any atom is 0.323 e. The van der Waals surface area contributed by atoms with Crippen molar-refractivity contribution in [3.63, 3.8) is 0 Å². The molecule has 1 atom stereocenters. The number of methoxy groups -OCH3 is 1. The number of urea groups is 1. The summed E-state index contributed by atoms with van der Waals surface area (Å²) >= 11 is 0. The van der Waals surface area contributed by atoms with Crippen LogP contribution in [0.25, 0.3) is 0 Å². The first-order chi connectivity index (χ1) is 17.9. The van der Waals surface area contributed by atoms with Gasteiger partial charge in [0.2, 0.25) is 5.54 Å². The fourth-order valence-electron chi connectivity index (χ4n) is 5.12. The Morgan fingerprint density at radius 2 is 2.00 bits per heavy atom. The number of nitrogens with one attached hydrogen (secondary N) is 2. The SMILES string of the molecule is CCC1=C(N2CCOCC2)C(C#CC2(CN3Cc4ccc(OC)cc4C3=O)NC(=O)NC2=O)=CC=CC1. The molecule has 0 bridgehead atoms. The highest BCUT2D eigenvalue weighted by Crippen LogP contribution is 2.30. The minimum absolute atomic E-state index is 0.0756. The highest BCUT2D eigenvalue weighted by atomic mass is 16.5. The van der Waals surface area contributed by atoms with Crippen molar-refractivity contribution in [2.75, 3.05) is 40.0 Å². The molecule has 0 radical (unpaired) electrons. The van der Waals surface area contributed by atoms with Crippen LogP contribution in [0.2, 0.25) is 0 Å². The number of nitrogens with zero attached hydrogens (tertiary/aromatic N) is 2. The Labute approximate surface area is 216 Å². The number of imide groups is 1. The van der Waals surface area contributed by atoms with Crippen LogP contribution in [-0.2, 0) is 16.1 Å². The van der Waals surface area contributed by atoms with Gasteiger partial charge in [0.05, 0.1) is 32.6 Å². The van der Waals surface area contributed by atoms with Gasteiger partial charge in [-0.3, -0.25) is 14.9 Å². The van der Waals surface area contributed by atoms with Crippen molar-refractivity contribution < 1.29 is 23.9 Å². The standard InChI is InChI=1S/C28H30N4O5/c1-3-19-6-4-5-7-20(24(19)31-12-14-37-15-13-31)10-11-28(26(34)29-27(35)30-28)18-32-17-21-8-9-22(36-2)16-23(21)25(32)33/h4-5,7-9,16H,3,6,12-15,17-18H2,1-2H3,(H2,29,30,34,35). The first-order valence-corrected chi connectivity index (χ1v) is 12.5. The van der Waals surface area contributed by atoms with Crippen molar-refractivity contribution in [2.24, 2.45) is 0 Å². The first-order valence-electron chi connectivity index (χ1n) is 12.5. The van der Waals surface area contributed by atoms with Crippen molar-refractivity contribution in [1.29, 1.82) is 0 Å². The predicted molar refractivity (Wildman–Crippen MR) is 136 cm³/mol.